The number of hydrogen-bond donors (Lipinski definition) is 2. The zero-order chi connectivity index (χ0) is 17.0. The van der Waals surface area contributed by atoms with Gasteiger partial charge in [-0.3, -0.25) is 25.7 Å². The summed E-state index contributed by atoms with van der Waals surface area (Å²) in [5, 5.41) is 34.8. The van der Waals surface area contributed by atoms with Crippen LogP contribution in [0.25, 0.3) is 0 Å². The third kappa shape index (κ3) is 3.92. The van der Waals surface area contributed by atoms with Crippen LogP contribution in [0.2, 0.25) is 5.02 Å². The summed E-state index contributed by atoms with van der Waals surface area (Å²) in [6.45, 7) is 0. The van der Waals surface area contributed by atoms with Crippen LogP contribution in [0.3, 0.4) is 0 Å². The van der Waals surface area contributed by atoms with E-state index in [2.05, 4.69) is 10.5 Å². The number of benzene rings is 2. The molecule has 118 valence electrons. The SMILES string of the molecule is O=[N+]([O-])c1ccc(N/N=C/c2ccc(O)c(Cl)c2)c([N+](=O)[O-])c1. The highest BCUT2D eigenvalue weighted by molar-refractivity contribution is 6.32. The molecule has 0 aromatic heterocycles. The number of hydrazone groups is 1. The van der Waals surface area contributed by atoms with E-state index in [1.807, 2.05) is 0 Å². The predicted molar refractivity (Wildman–Crippen MR) is 84.1 cm³/mol. The molecule has 0 atom stereocenters. The van der Waals surface area contributed by atoms with Crippen LogP contribution in [0.5, 0.6) is 5.75 Å². The minimum atomic E-state index is -0.748. The molecule has 2 rings (SSSR count). The predicted octanol–water partition coefficient (Wildman–Crippen LogP) is 3.31. The van der Waals surface area contributed by atoms with Crippen LogP contribution in [0.15, 0.2) is 41.5 Å². The molecule has 0 saturated heterocycles. The van der Waals surface area contributed by atoms with Crippen molar-refractivity contribution in [3.05, 3.63) is 67.2 Å². The molecular formula is C13H9ClN4O5. The largest absolute Gasteiger partial charge is 0.506 e. The second-order valence-corrected chi connectivity index (χ2v) is 4.70. The van der Waals surface area contributed by atoms with E-state index in [1.54, 1.807) is 0 Å². The summed E-state index contributed by atoms with van der Waals surface area (Å²) in [6, 6.07) is 7.52. The lowest BCUT2D eigenvalue weighted by Crippen LogP contribution is -1.98. The van der Waals surface area contributed by atoms with E-state index in [0.29, 0.717) is 5.56 Å². The Balaban J connectivity index is 2.22. The first kappa shape index (κ1) is 16.2. The minimum Gasteiger partial charge on any atom is -0.506 e. The average molecular weight is 337 g/mol. The third-order valence-corrected chi connectivity index (χ3v) is 3.06. The molecule has 0 aliphatic carbocycles. The fourth-order valence-electron chi connectivity index (χ4n) is 1.66. The summed E-state index contributed by atoms with van der Waals surface area (Å²) < 4.78 is 0. The normalized spacial score (nSPS) is 10.7. The molecule has 0 bridgehead atoms. The van der Waals surface area contributed by atoms with Crippen molar-refractivity contribution in [2.45, 2.75) is 0 Å². The van der Waals surface area contributed by atoms with Gasteiger partial charge < -0.3 is 5.11 Å². The van der Waals surface area contributed by atoms with Gasteiger partial charge in [-0.25, -0.2) is 0 Å². The lowest BCUT2D eigenvalue weighted by atomic mass is 10.2. The highest BCUT2D eigenvalue weighted by Crippen LogP contribution is 2.29. The molecule has 9 nitrogen and oxygen atoms in total. The van der Waals surface area contributed by atoms with Gasteiger partial charge in [0.2, 0.25) is 0 Å². The highest BCUT2D eigenvalue weighted by atomic mass is 35.5. The fraction of sp³-hybridized carbons (Fsp3) is 0. The molecule has 2 N–H and O–H groups in total. The molecule has 0 amide bonds. The molecule has 2 aromatic rings. The molecule has 0 heterocycles. The smallest absolute Gasteiger partial charge is 0.301 e. The Kier molecular flexibility index (Phi) is 4.72. The van der Waals surface area contributed by atoms with Gasteiger partial charge in [-0.05, 0) is 29.8 Å². The minimum absolute atomic E-state index is 0.00160. The summed E-state index contributed by atoms with van der Waals surface area (Å²) in [5.41, 5.74) is 2.13. The van der Waals surface area contributed by atoms with E-state index >= 15 is 0 Å². The summed E-state index contributed by atoms with van der Waals surface area (Å²) in [4.78, 5) is 20.1. The van der Waals surface area contributed by atoms with E-state index < -0.39 is 21.2 Å². The summed E-state index contributed by atoms with van der Waals surface area (Å²) in [6.07, 6.45) is 1.33. The number of nitrogens with one attached hydrogen (secondary N) is 1. The molecule has 0 unspecified atom stereocenters. The maximum Gasteiger partial charge on any atom is 0.301 e. The molecule has 0 fully saturated rings. The second kappa shape index (κ2) is 6.71. The van der Waals surface area contributed by atoms with Gasteiger partial charge in [-0.15, -0.1) is 0 Å². The Morgan fingerprint density at radius 3 is 2.48 bits per heavy atom. The standard InChI is InChI=1S/C13H9ClN4O5/c14-10-5-8(1-4-13(10)19)7-15-16-11-3-2-9(17(20)21)6-12(11)18(22)23/h1-7,16,19H/b15-7+. The number of phenolic OH excluding ortho intramolecular Hbond substituents is 1. The first-order valence-electron chi connectivity index (χ1n) is 6.09. The zero-order valence-corrected chi connectivity index (χ0v) is 12.1. The van der Waals surface area contributed by atoms with E-state index in [0.717, 1.165) is 12.1 Å². The molecule has 23 heavy (non-hydrogen) atoms. The molecule has 0 aliphatic rings. The van der Waals surface area contributed by atoms with Crippen LogP contribution in [0.1, 0.15) is 5.56 Å². The van der Waals surface area contributed by atoms with Crippen molar-refractivity contribution in [3.8, 4) is 5.75 Å². The molecule has 2 aromatic carbocycles. The van der Waals surface area contributed by atoms with Crippen LogP contribution in [-0.2, 0) is 0 Å². The second-order valence-electron chi connectivity index (χ2n) is 4.30. The Morgan fingerprint density at radius 2 is 1.87 bits per heavy atom. The summed E-state index contributed by atoms with van der Waals surface area (Å²) >= 11 is 5.74. The van der Waals surface area contributed by atoms with Crippen LogP contribution in [0, 0.1) is 20.2 Å². The number of anilines is 1. The molecule has 0 aliphatic heterocycles. The fourth-order valence-corrected chi connectivity index (χ4v) is 1.85. The maximum atomic E-state index is 11.0. The van der Waals surface area contributed by atoms with Gasteiger partial charge >= 0.3 is 5.69 Å². The Labute approximate surface area is 134 Å². The lowest BCUT2D eigenvalue weighted by molar-refractivity contribution is -0.393. The van der Waals surface area contributed by atoms with Gasteiger partial charge in [0, 0.05) is 6.07 Å². The number of halogens is 1. The van der Waals surface area contributed by atoms with E-state index in [4.69, 9.17) is 11.6 Å². The summed E-state index contributed by atoms with van der Waals surface area (Å²) in [7, 11) is 0. The molecule has 10 heteroatoms. The Hall–Kier alpha value is -3.20. The van der Waals surface area contributed by atoms with Crippen LogP contribution in [0.4, 0.5) is 17.1 Å². The lowest BCUT2D eigenvalue weighted by Gasteiger charge is -2.02. The maximum absolute atomic E-state index is 11.0. The number of nitro benzene ring substituents is 2. The first-order chi connectivity index (χ1) is 10.9. The van der Waals surface area contributed by atoms with Gasteiger partial charge in [0.05, 0.1) is 27.2 Å². The topological polar surface area (TPSA) is 131 Å². The molecule has 0 saturated carbocycles. The van der Waals surface area contributed by atoms with Crippen LogP contribution < -0.4 is 5.43 Å². The zero-order valence-electron chi connectivity index (χ0n) is 11.3. The number of rotatable bonds is 5. The van der Waals surface area contributed by atoms with E-state index in [1.165, 1.54) is 30.5 Å². The van der Waals surface area contributed by atoms with Crippen LogP contribution in [-0.4, -0.2) is 21.2 Å². The van der Waals surface area contributed by atoms with E-state index in [9.17, 15) is 25.3 Å². The number of hydrogen-bond acceptors (Lipinski definition) is 7. The van der Waals surface area contributed by atoms with Crippen molar-refractivity contribution in [2.24, 2.45) is 5.10 Å². The average Bonchev–Trinajstić information content (AvgIpc) is 2.50. The Morgan fingerprint density at radius 1 is 1.13 bits per heavy atom. The van der Waals surface area contributed by atoms with E-state index in [-0.39, 0.29) is 16.5 Å². The Bertz CT molecular complexity index is 809. The first-order valence-corrected chi connectivity index (χ1v) is 6.46. The molecule has 0 radical (unpaired) electrons. The van der Waals surface area contributed by atoms with Crippen molar-refractivity contribution >= 4 is 34.9 Å². The molecule has 0 spiro atoms. The highest BCUT2D eigenvalue weighted by Gasteiger charge is 2.19. The third-order valence-electron chi connectivity index (χ3n) is 2.76. The van der Waals surface area contributed by atoms with Gasteiger partial charge in [0.15, 0.2) is 0 Å². The van der Waals surface area contributed by atoms with Crippen molar-refractivity contribution in [1.82, 2.24) is 0 Å². The molecular weight excluding hydrogens is 328 g/mol. The van der Waals surface area contributed by atoms with Crippen LogP contribution >= 0.6 is 11.6 Å². The quantitative estimate of drug-likeness (QED) is 0.489. The number of nitrogens with zero attached hydrogens (tertiary/aromatic N) is 3. The number of nitro groups is 2. The van der Waals surface area contributed by atoms with Crippen molar-refractivity contribution in [3.63, 3.8) is 0 Å². The van der Waals surface area contributed by atoms with Crippen molar-refractivity contribution in [1.29, 1.82) is 0 Å². The monoisotopic (exact) mass is 336 g/mol. The van der Waals surface area contributed by atoms with Gasteiger partial charge in [-0.1, -0.05) is 11.6 Å². The number of phenols is 1. The van der Waals surface area contributed by atoms with Gasteiger partial charge in [0.1, 0.15) is 11.4 Å². The van der Waals surface area contributed by atoms with Gasteiger partial charge in [0.25, 0.3) is 5.69 Å². The van der Waals surface area contributed by atoms with Gasteiger partial charge in [-0.2, -0.15) is 5.10 Å². The van der Waals surface area contributed by atoms with Crippen molar-refractivity contribution < 1.29 is 15.0 Å². The number of aromatic hydroxyl groups is 1. The van der Waals surface area contributed by atoms with Crippen molar-refractivity contribution in [2.75, 3.05) is 5.43 Å². The number of non-ortho nitro benzene ring substituents is 1. The summed E-state index contributed by atoms with van der Waals surface area (Å²) in [5.74, 6) is -0.0808.